The summed E-state index contributed by atoms with van der Waals surface area (Å²) in [6.07, 6.45) is 0. The number of likely N-dealkylation sites (N-methyl/N-ethyl adjacent to an activating group) is 1. The molecule has 0 aliphatic heterocycles. The Bertz CT molecular complexity index is 484. The molecule has 1 aromatic carbocycles. The minimum atomic E-state index is -1.36. The van der Waals surface area contributed by atoms with E-state index in [0.717, 1.165) is 12.1 Å². The van der Waals surface area contributed by atoms with Crippen LogP contribution in [-0.4, -0.2) is 34.9 Å². The number of benzene rings is 1. The van der Waals surface area contributed by atoms with E-state index in [0.29, 0.717) is 12.2 Å². The fourth-order valence-corrected chi connectivity index (χ4v) is 1.85. The lowest BCUT2D eigenvalue weighted by molar-refractivity contribution is 0.0691. The van der Waals surface area contributed by atoms with Crippen LogP contribution >= 0.6 is 0 Å². The van der Waals surface area contributed by atoms with Gasteiger partial charge in [-0.1, -0.05) is 0 Å². The van der Waals surface area contributed by atoms with Crippen LogP contribution in [0.5, 0.6) is 0 Å². The molecule has 0 aliphatic rings. The van der Waals surface area contributed by atoms with Gasteiger partial charge in [-0.05, 0) is 26.8 Å². The topological polar surface area (TPSA) is 86.8 Å². The van der Waals surface area contributed by atoms with Crippen molar-refractivity contribution in [3.8, 4) is 0 Å². The van der Waals surface area contributed by atoms with Crippen molar-refractivity contribution in [2.24, 2.45) is 0 Å². The van der Waals surface area contributed by atoms with E-state index in [9.17, 15) is 14.3 Å². The van der Waals surface area contributed by atoms with Crippen molar-refractivity contribution in [2.45, 2.75) is 26.4 Å². The summed E-state index contributed by atoms with van der Waals surface area (Å²) < 4.78 is 13.7. The maximum Gasteiger partial charge on any atom is 0.338 e. The molecule has 1 aromatic rings. The van der Waals surface area contributed by atoms with Gasteiger partial charge in [0.15, 0.2) is 0 Å². The maximum atomic E-state index is 13.7. The second-order valence-corrected chi connectivity index (χ2v) is 5.02. The predicted octanol–water partition coefficient (Wildman–Crippen LogP) is 1.70. The van der Waals surface area contributed by atoms with E-state index >= 15 is 0 Å². The van der Waals surface area contributed by atoms with Crippen LogP contribution in [0.15, 0.2) is 12.1 Å². The first-order valence-electron chi connectivity index (χ1n) is 5.95. The number of hydrogen-bond acceptors (Lipinski definition) is 4. The molecule has 0 spiro atoms. The Labute approximate surface area is 111 Å². The highest BCUT2D eigenvalue weighted by molar-refractivity contribution is 5.91. The van der Waals surface area contributed by atoms with Crippen molar-refractivity contribution in [3.63, 3.8) is 0 Å². The number of aliphatic hydroxyl groups is 1. The van der Waals surface area contributed by atoms with E-state index in [1.807, 2.05) is 6.92 Å². The summed E-state index contributed by atoms with van der Waals surface area (Å²) in [6, 6.07) is 2.19. The molecule has 106 valence electrons. The summed E-state index contributed by atoms with van der Waals surface area (Å²) in [5, 5.41) is 18.6. The smallest absolute Gasteiger partial charge is 0.338 e. The highest BCUT2D eigenvalue weighted by atomic mass is 19.1. The molecule has 0 aliphatic carbocycles. The number of rotatable bonds is 5. The van der Waals surface area contributed by atoms with Crippen LogP contribution in [0.25, 0.3) is 0 Å². The summed E-state index contributed by atoms with van der Waals surface area (Å²) in [6.45, 7) is 5.88. The fourth-order valence-electron chi connectivity index (χ4n) is 1.85. The molecule has 0 amide bonds. The first kappa shape index (κ1) is 15.2. The SMILES string of the molecule is CCN(CC(C)(C)O)c1cc(F)c(C(=O)O)cc1N. The molecule has 0 radical (unpaired) electrons. The number of nitrogens with zero attached hydrogens (tertiary/aromatic N) is 1. The number of carboxylic acids is 1. The fraction of sp³-hybridized carbons (Fsp3) is 0.462. The molecule has 19 heavy (non-hydrogen) atoms. The zero-order valence-electron chi connectivity index (χ0n) is 11.3. The minimum absolute atomic E-state index is 0.171. The molecule has 0 heterocycles. The molecule has 0 fully saturated rings. The Balaban J connectivity index is 3.19. The summed E-state index contributed by atoms with van der Waals surface area (Å²) in [4.78, 5) is 12.5. The highest BCUT2D eigenvalue weighted by Crippen LogP contribution is 2.28. The molecule has 0 atom stereocenters. The Morgan fingerprint density at radius 2 is 2.05 bits per heavy atom. The van der Waals surface area contributed by atoms with Crippen LogP contribution in [0, 0.1) is 5.82 Å². The van der Waals surface area contributed by atoms with E-state index in [1.165, 1.54) is 0 Å². The Hall–Kier alpha value is -1.82. The van der Waals surface area contributed by atoms with Crippen LogP contribution in [0.2, 0.25) is 0 Å². The van der Waals surface area contributed by atoms with Crippen LogP contribution in [-0.2, 0) is 0 Å². The first-order valence-corrected chi connectivity index (χ1v) is 5.95. The van der Waals surface area contributed by atoms with Crippen LogP contribution in [0.4, 0.5) is 15.8 Å². The van der Waals surface area contributed by atoms with Crippen LogP contribution in [0.1, 0.15) is 31.1 Å². The van der Waals surface area contributed by atoms with Gasteiger partial charge in [0.2, 0.25) is 0 Å². The summed E-state index contributed by atoms with van der Waals surface area (Å²) in [5.41, 5.74) is 4.90. The minimum Gasteiger partial charge on any atom is -0.478 e. The lowest BCUT2D eigenvalue weighted by Gasteiger charge is -2.30. The van der Waals surface area contributed by atoms with Gasteiger partial charge in [0.25, 0.3) is 0 Å². The molecule has 0 unspecified atom stereocenters. The number of aromatic carboxylic acids is 1. The maximum absolute atomic E-state index is 13.7. The number of carbonyl (C=O) groups is 1. The number of nitrogens with two attached hydrogens (primary N) is 1. The third-order valence-corrected chi connectivity index (χ3v) is 2.65. The summed E-state index contributed by atoms with van der Waals surface area (Å²) >= 11 is 0. The first-order chi connectivity index (χ1) is 8.65. The van der Waals surface area contributed by atoms with Gasteiger partial charge in [0.05, 0.1) is 22.5 Å². The molecule has 0 saturated heterocycles. The largest absolute Gasteiger partial charge is 0.478 e. The van der Waals surface area contributed by atoms with Gasteiger partial charge < -0.3 is 20.8 Å². The molecular weight excluding hydrogens is 251 g/mol. The van der Waals surface area contributed by atoms with Crippen molar-refractivity contribution >= 4 is 17.3 Å². The van der Waals surface area contributed by atoms with Crippen molar-refractivity contribution < 1.29 is 19.4 Å². The summed E-state index contributed by atoms with van der Waals surface area (Å²) in [5.74, 6) is -2.20. The Kier molecular flexibility index (Phi) is 4.36. The van der Waals surface area contributed by atoms with Crippen molar-refractivity contribution in [1.82, 2.24) is 0 Å². The van der Waals surface area contributed by atoms with E-state index < -0.39 is 23.0 Å². The zero-order valence-corrected chi connectivity index (χ0v) is 11.3. The molecule has 6 heteroatoms. The van der Waals surface area contributed by atoms with E-state index in [1.54, 1.807) is 18.7 Å². The van der Waals surface area contributed by atoms with Gasteiger partial charge in [-0.25, -0.2) is 9.18 Å². The molecule has 1 rings (SSSR count). The molecule has 4 N–H and O–H groups in total. The normalized spacial score (nSPS) is 11.4. The second-order valence-electron chi connectivity index (χ2n) is 5.02. The number of hydrogen-bond donors (Lipinski definition) is 3. The number of nitrogen functional groups attached to an aromatic ring is 1. The number of carboxylic acid groups (broad SMARTS) is 1. The quantitative estimate of drug-likeness (QED) is 0.709. The molecule has 0 aromatic heterocycles. The lowest BCUT2D eigenvalue weighted by atomic mass is 10.1. The average molecular weight is 270 g/mol. The van der Waals surface area contributed by atoms with Crippen molar-refractivity contribution in [2.75, 3.05) is 23.7 Å². The number of halogens is 1. The monoisotopic (exact) mass is 270 g/mol. The standard InChI is InChI=1S/C13H19FN2O3/c1-4-16(7-13(2,3)19)11-6-9(14)8(12(17)18)5-10(11)15/h5-6,19H,4,7,15H2,1-3H3,(H,17,18). The number of anilines is 2. The molecule has 5 nitrogen and oxygen atoms in total. The predicted molar refractivity (Wildman–Crippen MR) is 72.0 cm³/mol. The Morgan fingerprint density at radius 3 is 2.47 bits per heavy atom. The van der Waals surface area contributed by atoms with Gasteiger partial charge in [-0.3, -0.25) is 0 Å². The third-order valence-electron chi connectivity index (χ3n) is 2.65. The van der Waals surface area contributed by atoms with Crippen molar-refractivity contribution in [1.29, 1.82) is 0 Å². The molecule has 0 saturated carbocycles. The summed E-state index contributed by atoms with van der Waals surface area (Å²) in [7, 11) is 0. The van der Waals surface area contributed by atoms with Gasteiger partial charge in [0, 0.05) is 19.2 Å². The second kappa shape index (κ2) is 5.44. The van der Waals surface area contributed by atoms with Gasteiger partial charge in [-0.2, -0.15) is 0 Å². The van der Waals surface area contributed by atoms with Gasteiger partial charge in [0.1, 0.15) is 5.82 Å². The lowest BCUT2D eigenvalue weighted by Crippen LogP contribution is -2.39. The van der Waals surface area contributed by atoms with E-state index in [2.05, 4.69) is 0 Å². The Morgan fingerprint density at radius 1 is 1.47 bits per heavy atom. The van der Waals surface area contributed by atoms with Gasteiger partial charge in [-0.15, -0.1) is 0 Å². The van der Waals surface area contributed by atoms with Crippen LogP contribution in [0.3, 0.4) is 0 Å². The van der Waals surface area contributed by atoms with E-state index in [4.69, 9.17) is 10.8 Å². The molecular formula is C13H19FN2O3. The zero-order chi connectivity index (χ0) is 14.8. The van der Waals surface area contributed by atoms with Gasteiger partial charge >= 0.3 is 5.97 Å². The molecule has 0 bridgehead atoms. The highest BCUT2D eigenvalue weighted by Gasteiger charge is 2.21. The van der Waals surface area contributed by atoms with Crippen molar-refractivity contribution in [3.05, 3.63) is 23.5 Å². The van der Waals surface area contributed by atoms with E-state index in [-0.39, 0.29) is 12.2 Å². The van der Waals surface area contributed by atoms with Crippen LogP contribution < -0.4 is 10.6 Å². The average Bonchev–Trinajstić information content (AvgIpc) is 2.27. The third kappa shape index (κ3) is 3.82.